The van der Waals surface area contributed by atoms with Crippen LogP contribution in [0, 0.1) is 29.6 Å². The molecule has 2 aliphatic heterocycles. The molecule has 7 rings (SSSR count). The van der Waals surface area contributed by atoms with Gasteiger partial charge in [0.25, 0.3) is 0 Å². The Hall–Kier alpha value is -6.10. The van der Waals surface area contributed by atoms with Crippen LogP contribution in [0.1, 0.15) is 88.2 Å². The highest BCUT2D eigenvalue weighted by Gasteiger charge is 2.41. The van der Waals surface area contributed by atoms with Gasteiger partial charge in [0, 0.05) is 24.2 Å². The zero-order valence-corrected chi connectivity index (χ0v) is 33.2. The van der Waals surface area contributed by atoms with Crippen molar-refractivity contribution in [2.75, 3.05) is 27.3 Å². The number of nitrogens with one attached hydrogen (secondary N) is 4. The van der Waals surface area contributed by atoms with E-state index in [1.54, 1.807) is 16.0 Å². The van der Waals surface area contributed by atoms with Crippen molar-refractivity contribution < 1.29 is 28.7 Å². The van der Waals surface area contributed by atoms with Gasteiger partial charge >= 0.3 is 12.2 Å². The van der Waals surface area contributed by atoms with Crippen LogP contribution in [-0.2, 0) is 19.1 Å². The van der Waals surface area contributed by atoms with Gasteiger partial charge in [0.2, 0.25) is 11.8 Å². The fourth-order valence-corrected chi connectivity index (χ4v) is 7.65. The van der Waals surface area contributed by atoms with Gasteiger partial charge in [0.05, 0.1) is 43.2 Å². The summed E-state index contributed by atoms with van der Waals surface area (Å²) in [6, 6.07) is 11.7. The van der Waals surface area contributed by atoms with Crippen LogP contribution in [0.4, 0.5) is 9.59 Å². The fraction of sp³-hybridized carbons (Fsp3) is 0.442. The van der Waals surface area contributed by atoms with Gasteiger partial charge in [-0.25, -0.2) is 19.6 Å². The summed E-state index contributed by atoms with van der Waals surface area (Å²) < 4.78 is 9.56. The van der Waals surface area contributed by atoms with Crippen LogP contribution in [0.5, 0.6) is 0 Å². The molecule has 14 heteroatoms. The number of rotatable bonds is 10. The van der Waals surface area contributed by atoms with E-state index in [4.69, 9.17) is 14.5 Å². The number of ether oxygens (including phenoxy) is 2. The molecule has 0 radical (unpaired) electrons. The molecule has 2 aromatic carbocycles. The lowest BCUT2D eigenvalue weighted by Crippen LogP contribution is -2.51. The Morgan fingerprint density at radius 1 is 0.807 bits per heavy atom. The van der Waals surface area contributed by atoms with Crippen molar-refractivity contribution in [2.45, 2.75) is 77.5 Å². The number of aromatic nitrogens is 4. The van der Waals surface area contributed by atoms with E-state index in [9.17, 15) is 19.2 Å². The van der Waals surface area contributed by atoms with E-state index in [-0.39, 0.29) is 35.7 Å². The second-order valence-electron chi connectivity index (χ2n) is 15.7. The van der Waals surface area contributed by atoms with Crippen molar-refractivity contribution in [3.05, 3.63) is 83.1 Å². The number of fused-ring (bicyclic) bond motifs is 1. The smallest absolute Gasteiger partial charge is 0.407 e. The molecule has 1 saturated heterocycles. The molecule has 2 aromatic heterocycles. The quantitative estimate of drug-likeness (QED) is 0.112. The number of likely N-dealkylation sites (tertiary alicyclic amines) is 1. The Bertz CT molecular complexity index is 2240. The van der Waals surface area contributed by atoms with Crippen molar-refractivity contribution in [2.24, 2.45) is 17.8 Å². The number of aromatic amines is 2. The lowest BCUT2D eigenvalue weighted by Gasteiger charge is -2.30. The van der Waals surface area contributed by atoms with E-state index in [0.717, 1.165) is 59.1 Å². The molecule has 3 aliphatic rings. The van der Waals surface area contributed by atoms with Gasteiger partial charge in [0.1, 0.15) is 29.8 Å². The van der Waals surface area contributed by atoms with Gasteiger partial charge in [-0.2, -0.15) is 0 Å². The number of hydrogen-bond donors (Lipinski definition) is 4. The number of methoxy groups -OCH3 is 2. The number of H-pyrrole nitrogens is 2. The maximum atomic E-state index is 13.9. The van der Waals surface area contributed by atoms with Crippen LogP contribution in [0.25, 0.3) is 22.3 Å². The third-order valence-electron chi connectivity index (χ3n) is 11.0. The maximum Gasteiger partial charge on any atom is 0.407 e. The molecule has 4 aromatic rings. The average Bonchev–Trinajstić information content (AvgIpc) is 3.59. The molecule has 4 N–H and O–H groups in total. The van der Waals surface area contributed by atoms with Crippen LogP contribution in [0.3, 0.4) is 0 Å². The summed E-state index contributed by atoms with van der Waals surface area (Å²) in [4.78, 5) is 71.5. The summed E-state index contributed by atoms with van der Waals surface area (Å²) in [6.07, 6.45) is 6.51. The maximum absolute atomic E-state index is 13.9. The Morgan fingerprint density at radius 2 is 1.44 bits per heavy atom. The van der Waals surface area contributed by atoms with Crippen molar-refractivity contribution in [3.63, 3.8) is 0 Å². The largest absolute Gasteiger partial charge is 0.453 e. The molecule has 14 nitrogen and oxygen atoms in total. The number of nitrogens with zero attached hydrogens (tertiary/aromatic N) is 4. The second-order valence-corrected chi connectivity index (χ2v) is 15.7. The van der Waals surface area contributed by atoms with E-state index >= 15 is 0 Å². The summed E-state index contributed by atoms with van der Waals surface area (Å²) in [7, 11) is 2.58. The summed E-state index contributed by atoms with van der Waals surface area (Å²) >= 11 is 0. The number of benzene rings is 2. The summed E-state index contributed by atoms with van der Waals surface area (Å²) in [6.45, 7) is 8.69. The highest BCUT2D eigenvalue weighted by Crippen LogP contribution is 2.43. The summed E-state index contributed by atoms with van der Waals surface area (Å²) in [5, 5.41) is 5.41. The van der Waals surface area contributed by atoms with Gasteiger partial charge in [-0.3, -0.25) is 9.59 Å². The normalized spacial score (nSPS) is 18.9. The SMILES string of the molecule is COC(=O)NC(C(=O)N1CC(C2CC2)=CC1c1nc2ccc(C#Cc3ccc(-c4cnc(C5CCCN5C(=O)C(NC(=O)OC)C(C)C)[nH]4)cc3)cc2[nH]1)C(C)C. The predicted octanol–water partition coefficient (Wildman–Crippen LogP) is 6.00. The molecule has 4 heterocycles. The first-order valence-corrected chi connectivity index (χ1v) is 19.6. The second kappa shape index (κ2) is 16.6. The van der Waals surface area contributed by atoms with Crippen LogP contribution >= 0.6 is 0 Å². The van der Waals surface area contributed by atoms with Crippen LogP contribution in [0.15, 0.2) is 60.3 Å². The minimum absolute atomic E-state index is 0.111. The van der Waals surface area contributed by atoms with Gasteiger partial charge in [-0.1, -0.05) is 57.7 Å². The molecule has 2 fully saturated rings. The standard InChI is InChI=1S/C43H50N8O6/c1-24(2)36(48-42(54)56-5)40(52)50-19-7-8-34(50)38-44-22-33(47-38)29-14-11-26(12-15-29)9-10-27-13-18-31-32(20-27)46-39(45-31)35-21-30(28-16-17-28)23-51(35)41(53)37(25(3)4)49-43(55)57-6/h11-15,18,20-22,24-25,28,34-37H,7-8,16-17,19,23H2,1-6H3,(H,44,47)(H,45,46)(H,48,54)(H,49,55). The zero-order chi connectivity index (χ0) is 40.4. The summed E-state index contributed by atoms with van der Waals surface area (Å²) in [5.41, 5.74) is 6.25. The minimum atomic E-state index is -0.730. The van der Waals surface area contributed by atoms with Crippen molar-refractivity contribution in [1.29, 1.82) is 0 Å². The van der Waals surface area contributed by atoms with Crippen LogP contribution in [0.2, 0.25) is 0 Å². The van der Waals surface area contributed by atoms with E-state index in [1.165, 1.54) is 19.8 Å². The molecular formula is C43H50N8O6. The Balaban J connectivity index is 1.04. The molecule has 1 saturated carbocycles. The van der Waals surface area contributed by atoms with E-state index in [1.807, 2.05) is 70.2 Å². The van der Waals surface area contributed by atoms with E-state index in [2.05, 4.69) is 43.5 Å². The van der Waals surface area contributed by atoms with Gasteiger partial charge in [0.15, 0.2) is 0 Å². The molecule has 4 unspecified atom stereocenters. The lowest BCUT2D eigenvalue weighted by molar-refractivity contribution is -0.136. The summed E-state index contributed by atoms with van der Waals surface area (Å²) in [5.74, 6) is 7.82. The lowest BCUT2D eigenvalue weighted by atomic mass is 10.0. The topological polar surface area (TPSA) is 175 Å². The molecule has 0 bridgehead atoms. The van der Waals surface area contributed by atoms with E-state index in [0.29, 0.717) is 30.7 Å². The average molecular weight is 775 g/mol. The number of carbonyl (C=O) groups is 4. The molecule has 0 spiro atoms. The first-order chi connectivity index (χ1) is 27.4. The van der Waals surface area contributed by atoms with Crippen molar-refractivity contribution >= 4 is 35.0 Å². The van der Waals surface area contributed by atoms with Crippen LogP contribution < -0.4 is 10.6 Å². The van der Waals surface area contributed by atoms with Crippen molar-refractivity contribution in [1.82, 2.24) is 40.4 Å². The molecule has 1 aliphatic carbocycles. The predicted molar refractivity (Wildman–Crippen MR) is 213 cm³/mol. The third kappa shape index (κ3) is 8.52. The first-order valence-electron chi connectivity index (χ1n) is 19.6. The number of imidazole rings is 2. The first kappa shape index (κ1) is 39.1. The molecule has 298 valence electrons. The Labute approximate surface area is 332 Å². The van der Waals surface area contributed by atoms with Gasteiger partial charge in [-0.15, -0.1) is 0 Å². The fourth-order valence-electron chi connectivity index (χ4n) is 7.65. The number of amides is 4. The highest BCUT2D eigenvalue weighted by molar-refractivity contribution is 5.88. The molecule has 4 amide bonds. The van der Waals surface area contributed by atoms with Gasteiger partial charge < -0.3 is 39.9 Å². The number of carbonyl (C=O) groups excluding carboxylic acids is 4. The van der Waals surface area contributed by atoms with Crippen molar-refractivity contribution in [3.8, 4) is 23.1 Å². The molecule has 57 heavy (non-hydrogen) atoms. The minimum Gasteiger partial charge on any atom is -0.453 e. The third-order valence-corrected chi connectivity index (χ3v) is 11.0. The molecule has 4 atom stereocenters. The highest BCUT2D eigenvalue weighted by atomic mass is 16.5. The van der Waals surface area contributed by atoms with E-state index < -0.39 is 24.3 Å². The monoisotopic (exact) mass is 774 g/mol. The Kier molecular flexibility index (Phi) is 11.4. The van der Waals surface area contributed by atoms with Gasteiger partial charge in [-0.05, 0) is 84.9 Å². The number of hydrogen-bond acceptors (Lipinski definition) is 8. The zero-order valence-electron chi connectivity index (χ0n) is 33.2. The molecular weight excluding hydrogens is 725 g/mol. The Morgan fingerprint density at radius 3 is 2.07 bits per heavy atom. The van der Waals surface area contributed by atoms with Crippen LogP contribution in [-0.4, -0.2) is 93.1 Å². The number of alkyl carbamates (subject to hydrolysis) is 2.